The molecule has 0 unspecified atom stereocenters. The van der Waals surface area contributed by atoms with Crippen molar-refractivity contribution in [3.63, 3.8) is 0 Å². The fourth-order valence-electron chi connectivity index (χ4n) is 2.37. The van der Waals surface area contributed by atoms with Gasteiger partial charge in [-0.3, -0.25) is 0 Å². The van der Waals surface area contributed by atoms with E-state index in [2.05, 4.69) is 9.71 Å². The van der Waals surface area contributed by atoms with Crippen LogP contribution in [0, 0.1) is 0 Å². The summed E-state index contributed by atoms with van der Waals surface area (Å²) < 4.78 is 48.2. The molecule has 0 spiro atoms. The Morgan fingerprint density at radius 2 is 1.54 bits per heavy atom. The molecule has 152 valence electrons. The van der Waals surface area contributed by atoms with E-state index in [0.29, 0.717) is 22.8 Å². The first-order valence-electron chi connectivity index (χ1n) is 8.10. The van der Waals surface area contributed by atoms with Gasteiger partial charge in [0.2, 0.25) is 5.96 Å². The van der Waals surface area contributed by atoms with Crippen LogP contribution in [0.3, 0.4) is 0 Å². The third kappa shape index (κ3) is 4.97. The second-order valence-corrected chi connectivity index (χ2v) is 7.15. The van der Waals surface area contributed by atoms with Crippen LogP contribution in [0.5, 0.6) is 23.0 Å². The summed E-state index contributed by atoms with van der Waals surface area (Å²) in [6.07, 6.45) is 0. The SMILES string of the molecule is COc1ccc(CN=C(N)NS(=O)(=O)c2cc(OC)ccc2OC)c(OC)c1. The maximum absolute atomic E-state index is 12.7. The lowest BCUT2D eigenvalue weighted by molar-refractivity contribution is 0.391. The summed E-state index contributed by atoms with van der Waals surface area (Å²) in [5, 5.41) is 0. The summed E-state index contributed by atoms with van der Waals surface area (Å²) in [7, 11) is 1.84. The highest BCUT2D eigenvalue weighted by atomic mass is 32.2. The van der Waals surface area contributed by atoms with E-state index < -0.39 is 10.0 Å². The number of guanidine groups is 1. The Labute approximate surface area is 164 Å². The van der Waals surface area contributed by atoms with Crippen LogP contribution >= 0.6 is 0 Å². The average molecular weight is 409 g/mol. The van der Waals surface area contributed by atoms with Crippen molar-refractivity contribution < 1.29 is 27.4 Å². The number of sulfonamides is 1. The predicted octanol–water partition coefficient (Wildman–Crippen LogP) is 1.51. The normalized spacial score (nSPS) is 11.6. The summed E-state index contributed by atoms with van der Waals surface area (Å²) in [6.45, 7) is 0.108. The standard InChI is InChI=1S/C18H23N3O6S/c1-24-13-6-5-12(16(9-13)27-4)11-20-18(19)21-28(22,23)17-10-14(25-2)7-8-15(17)26-3/h5-10H,11H2,1-4H3,(H3,19,20,21). The van der Waals surface area contributed by atoms with Gasteiger partial charge >= 0.3 is 0 Å². The Hall–Kier alpha value is -3.14. The van der Waals surface area contributed by atoms with E-state index in [1.807, 2.05) is 0 Å². The molecule has 2 rings (SSSR count). The van der Waals surface area contributed by atoms with Gasteiger partial charge in [-0.15, -0.1) is 0 Å². The molecule has 0 aliphatic heterocycles. The molecule has 28 heavy (non-hydrogen) atoms. The Morgan fingerprint density at radius 1 is 0.929 bits per heavy atom. The number of nitrogens with two attached hydrogens (primary N) is 1. The van der Waals surface area contributed by atoms with Crippen molar-refractivity contribution in [3.05, 3.63) is 42.0 Å². The lowest BCUT2D eigenvalue weighted by Crippen LogP contribution is -2.37. The second-order valence-electron chi connectivity index (χ2n) is 5.50. The van der Waals surface area contributed by atoms with E-state index in [1.54, 1.807) is 31.4 Å². The molecule has 0 bridgehead atoms. The lowest BCUT2D eigenvalue weighted by atomic mass is 10.2. The smallest absolute Gasteiger partial charge is 0.267 e. The zero-order valence-corrected chi connectivity index (χ0v) is 16.9. The minimum Gasteiger partial charge on any atom is -0.497 e. The topological polar surface area (TPSA) is 121 Å². The van der Waals surface area contributed by atoms with Gasteiger partial charge in [0, 0.05) is 17.7 Å². The molecular weight excluding hydrogens is 386 g/mol. The number of nitrogens with zero attached hydrogens (tertiary/aromatic N) is 1. The van der Waals surface area contributed by atoms with Crippen LogP contribution in [-0.4, -0.2) is 42.8 Å². The largest absolute Gasteiger partial charge is 0.497 e. The molecule has 0 heterocycles. The molecule has 9 nitrogen and oxygen atoms in total. The summed E-state index contributed by atoms with van der Waals surface area (Å²) in [5.74, 6) is 1.41. The molecule has 2 aromatic rings. The van der Waals surface area contributed by atoms with Gasteiger partial charge in [0.15, 0.2) is 0 Å². The third-order valence-corrected chi connectivity index (χ3v) is 5.19. The molecule has 0 saturated carbocycles. The first-order chi connectivity index (χ1) is 13.3. The summed E-state index contributed by atoms with van der Waals surface area (Å²) in [6, 6.07) is 9.62. The van der Waals surface area contributed by atoms with Gasteiger partial charge in [0.05, 0.1) is 35.0 Å². The Kier molecular flexibility index (Phi) is 6.94. The molecule has 0 amide bonds. The summed E-state index contributed by atoms with van der Waals surface area (Å²) in [4.78, 5) is 3.96. The first-order valence-corrected chi connectivity index (χ1v) is 9.58. The minimum absolute atomic E-state index is 0.108. The van der Waals surface area contributed by atoms with Crippen molar-refractivity contribution in [2.24, 2.45) is 10.7 Å². The van der Waals surface area contributed by atoms with Crippen LogP contribution in [0.15, 0.2) is 46.3 Å². The van der Waals surface area contributed by atoms with Gasteiger partial charge in [-0.05, 0) is 24.3 Å². The van der Waals surface area contributed by atoms with Crippen LogP contribution < -0.4 is 29.4 Å². The van der Waals surface area contributed by atoms with Crippen LogP contribution in [-0.2, 0) is 16.6 Å². The van der Waals surface area contributed by atoms with Crippen molar-refractivity contribution in [3.8, 4) is 23.0 Å². The highest BCUT2D eigenvalue weighted by Gasteiger charge is 2.21. The van der Waals surface area contributed by atoms with Crippen molar-refractivity contribution >= 4 is 16.0 Å². The molecule has 0 saturated heterocycles. The van der Waals surface area contributed by atoms with E-state index in [9.17, 15) is 8.42 Å². The Bertz CT molecular complexity index is 960. The molecule has 0 fully saturated rings. The highest BCUT2D eigenvalue weighted by Crippen LogP contribution is 2.28. The zero-order chi connectivity index (χ0) is 20.7. The fraction of sp³-hybridized carbons (Fsp3) is 0.278. The van der Waals surface area contributed by atoms with Gasteiger partial charge < -0.3 is 24.7 Å². The van der Waals surface area contributed by atoms with Crippen molar-refractivity contribution in [2.45, 2.75) is 11.4 Å². The van der Waals surface area contributed by atoms with Gasteiger partial charge in [-0.2, -0.15) is 0 Å². The zero-order valence-electron chi connectivity index (χ0n) is 16.1. The third-order valence-electron chi connectivity index (χ3n) is 3.81. The Morgan fingerprint density at radius 3 is 2.14 bits per heavy atom. The van der Waals surface area contributed by atoms with Crippen molar-refractivity contribution in [2.75, 3.05) is 28.4 Å². The number of aliphatic imine (C=N–C) groups is 1. The molecule has 0 aliphatic carbocycles. The van der Waals surface area contributed by atoms with Crippen molar-refractivity contribution in [1.29, 1.82) is 0 Å². The van der Waals surface area contributed by atoms with Gasteiger partial charge in [0.25, 0.3) is 10.0 Å². The molecule has 2 aromatic carbocycles. The molecule has 10 heteroatoms. The lowest BCUT2D eigenvalue weighted by Gasteiger charge is -2.13. The maximum atomic E-state index is 12.7. The molecule has 3 N–H and O–H groups in total. The van der Waals surface area contributed by atoms with E-state index in [-0.39, 0.29) is 23.1 Å². The predicted molar refractivity (Wildman–Crippen MR) is 105 cm³/mol. The number of hydrogen-bond acceptors (Lipinski definition) is 7. The quantitative estimate of drug-likeness (QED) is 0.501. The van der Waals surface area contributed by atoms with Crippen LogP contribution in [0.4, 0.5) is 0 Å². The first kappa shape index (κ1) is 21.2. The summed E-state index contributed by atoms with van der Waals surface area (Å²) >= 11 is 0. The molecule has 0 radical (unpaired) electrons. The summed E-state index contributed by atoms with van der Waals surface area (Å²) in [5.41, 5.74) is 6.49. The molecule has 0 atom stereocenters. The number of methoxy groups -OCH3 is 4. The van der Waals surface area contributed by atoms with E-state index in [4.69, 9.17) is 24.7 Å². The molecule has 0 aromatic heterocycles. The number of rotatable bonds is 8. The van der Waals surface area contributed by atoms with Crippen LogP contribution in [0.2, 0.25) is 0 Å². The van der Waals surface area contributed by atoms with Crippen LogP contribution in [0.25, 0.3) is 0 Å². The maximum Gasteiger partial charge on any atom is 0.267 e. The molecule has 0 aliphatic rings. The van der Waals surface area contributed by atoms with Gasteiger partial charge in [0.1, 0.15) is 27.9 Å². The number of hydrogen-bond donors (Lipinski definition) is 2. The van der Waals surface area contributed by atoms with Gasteiger partial charge in [-0.25, -0.2) is 18.1 Å². The highest BCUT2D eigenvalue weighted by molar-refractivity contribution is 7.90. The molecular formula is C18H23N3O6S. The van der Waals surface area contributed by atoms with E-state index in [1.165, 1.54) is 33.5 Å². The minimum atomic E-state index is -4.03. The fourth-order valence-corrected chi connectivity index (χ4v) is 3.51. The van der Waals surface area contributed by atoms with E-state index >= 15 is 0 Å². The average Bonchev–Trinajstić information content (AvgIpc) is 2.71. The van der Waals surface area contributed by atoms with Crippen LogP contribution in [0.1, 0.15) is 5.56 Å². The monoisotopic (exact) mass is 409 g/mol. The number of ether oxygens (including phenoxy) is 4. The number of nitrogens with one attached hydrogen (secondary N) is 1. The van der Waals surface area contributed by atoms with E-state index in [0.717, 1.165) is 0 Å². The Balaban J connectivity index is 2.23. The second kappa shape index (κ2) is 9.18. The van der Waals surface area contributed by atoms with Crippen molar-refractivity contribution in [1.82, 2.24) is 4.72 Å². The number of benzene rings is 2. The van der Waals surface area contributed by atoms with Gasteiger partial charge in [-0.1, -0.05) is 0 Å².